The fourth-order valence-corrected chi connectivity index (χ4v) is 4.14. The predicted molar refractivity (Wildman–Crippen MR) is 129 cm³/mol. The maximum absolute atomic E-state index is 12.5. The first-order valence-corrected chi connectivity index (χ1v) is 11.4. The van der Waals surface area contributed by atoms with Gasteiger partial charge in [0.25, 0.3) is 5.69 Å². The number of nitro benzene ring substituents is 1. The number of hydrogen-bond donors (Lipinski definition) is 2. The molecule has 0 saturated carbocycles. The van der Waals surface area contributed by atoms with Crippen molar-refractivity contribution in [3.05, 3.63) is 87.4 Å². The number of hydrogen-bond acceptors (Lipinski definition) is 7. The molecule has 0 aliphatic carbocycles. The van der Waals surface area contributed by atoms with Crippen LogP contribution in [-0.2, 0) is 4.79 Å². The lowest BCUT2D eigenvalue weighted by molar-refractivity contribution is -0.384. The first kappa shape index (κ1) is 22.5. The number of non-ortho nitro benzene ring substituents is 1. The average molecular weight is 526 g/mol. The van der Waals surface area contributed by atoms with Crippen LogP contribution < -0.4 is 5.32 Å². The van der Waals surface area contributed by atoms with E-state index in [1.54, 1.807) is 22.8 Å². The average Bonchev–Trinajstić information content (AvgIpc) is 3.24. The number of anilines is 1. The van der Waals surface area contributed by atoms with Gasteiger partial charge in [-0.25, -0.2) is 0 Å². The Balaban J connectivity index is 1.58. The Bertz CT molecular complexity index is 1310. The summed E-state index contributed by atoms with van der Waals surface area (Å²) < 4.78 is 2.54. The zero-order valence-electron chi connectivity index (χ0n) is 16.9. The van der Waals surface area contributed by atoms with Crippen molar-refractivity contribution in [1.82, 2.24) is 14.8 Å². The molecule has 1 heterocycles. The zero-order chi connectivity index (χ0) is 23.4. The van der Waals surface area contributed by atoms with Crippen LogP contribution in [0, 0.1) is 10.1 Å². The van der Waals surface area contributed by atoms with Gasteiger partial charge in [-0.1, -0.05) is 45.9 Å². The van der Waals surface area contributed by atoms with Crippen LogP contribution in [0.3, 0.4) is 0 Å². The number of nitrogens with zero attached hydrogens (tertiary/aromatic N) is 4. The van der Waals surface area contributed by atoms with Gasteiger partial charge in [0.2, 0.25) is 5.91 Å². The van der Waals surface area contributed by atoms with E-state index in [1.165, 1.54) is 36.0 Å². The molecule has 0 bridgehead atoms. The maximum Gasteiger partial charge on any atom is 0.269 e. The van der Waals surface area contributed by atoms with Crippen molar-refractivity contribution < 1.29 is 14.8 Å². The lowest BCUT2D eigenvalue weighted by atomic mass is 10.2. The van der Waals surface area contributed by atoms with E-state index >= 15 is 0 Å². The fourth-order valence-electron chi connectivity index (χ4n) is 3.03. The van der Waals surface area contributed by atoms with Crippen LogP contribution in [0.5, 0.6) is 5.75 Å². The van der Waals surface area contributed by atoms with E-state index in [9.17, 15) is 20.0 Å². The zero-order valence-corrected chi connectivity index (χ0v) is 19.3. The maximum atomic E-state index is 12.5. The van der Waals surface area contributed by atoms with Crippen LogP contribution in [0.2, 0.25) is 0 Å². The highest BCUT2D eigenvalue weighted by Crippen LogP contribution is 2.34. The van der Waals surface area contributed by atoms with Crippen molar-refractivity contribution in [3.8, 4) is 22.8 Å². The van der Waals surface area contributed by atoms with Crippen molar-refractivity contribution in [2.24, 2.45) is 0 Å². The minimum absolute atomic E-state index is 0.0341. The molecule has 0 aliphatic rings. The van der Waals surface area contributed by atoms with Crippen molar-refractivity contribution in [2.45, 2.75) is 5.16 Å². The molecular weight excluding hydrogens is 510 g/mol. The number of amides is 1. The van der Waals surface area contributed by atoms with E-state index in [2.05, 4.69) is 31.4 Å². The third-order valence-electron chi connectivity index (χ3n) is 4.54. The van der Waals surface area contributed by atoms with Gasteiger partial charge < -0.3 is 10.4 Å². The van der Waals surface area contributed by atoms with E-state index in [1.807, 2.05) is 30.3 Å². The van der Waals surface area contributed by atoms with Crippen molar-refractivity contribution in [3.63, 3.8) is 0 Å². The summed E-state index contributed by atoms with van der Waals surface area (Å²) in [5.41, 5.74) is 1.66. The molecule has 1 amide bonds. The van der Waals surface area contributed by atoms with Gasteiger partial charge in [0.15, 0.2) is 11.0 Å². The Morgan fingerprint density at radius 2 is 1.82 bits per heavy atom. The Hall–Kier alpha value is -3.70. The topological polar surface area (TPSA) is 123 Å². The van der Waals surface area contributed by atoms with E-state index in [-0.39, 0.29) is 23.1 Å². The van der Waals surface area contributed by atoms with Gasteiger partial charge in [-0.05, 0) is 42.5 Å². The Kier molecular flexibility index (Phi) is 6.71. The minimum Gasteiger partial charge on any atom is -0.507 e. The number of nitrogens with one attached hydrogen (secondary N) is 1. The van der Waals surface area contributed by atoms with E-state index < -0.39 is 4.92 Å². The number of aromatic hydroxyl groups is 1. The van der Waals surface area contributed by atoms with Gasteiger partial charge in [0.1, 0.15) is 5.75 Å². The van der Waals surface area contributed by atoms with Crippen LogP contribution in [-0.4, -0.2) is 36.5 Å². The number of phenolic OH excluding ortho intramolecular Hbond substituents is 1. The second-order valence-electron chi connectivity index (χ2n) is 6.78. The fraction of sp³-hybridized carbons (Fsp3) is 0.0455. The minimum atomic E-state index is -0.501. The summed E-state index contributed by atoms with van der Waals surface area (Å²) in [6.45, 7) is 0. The van der Waals surface area contributed by atoms with Crippen LogP contribution in [0.4, 0.5) is 11.4 Å². The molecule has 1 aromatic heterocycles. The number of nitro groups is 1. The number of para-hydroxylation sites is 1. The molecule has 2 N–H and O–H groups in total. The largest absolute Gasteiger partial charge is 0.507 e. The van der Waals surface area contributed by atoms with Gasteiger partial charge in [-0.3, -0.25) is 19.5 Å². The number of carbonyl (C=O) groups excluding carboxylic acids is 1. The van der Waals surface area contributed by atoms with Crippen LogP contribution in [0.15, 0.2) is 82.4 Å². The molecule has 4 rings (SSSR count). The van der Waals surface area contributed by atoms with Gasteiger partial charge in [-0.2, -0.15) is 0 Å². The second-order valence-corrected chi connectivity index (χ2v) is 8.64. The van der Waals surface area contributed by atoms with Crippen LogP contribution in [0.1, 0.15) is 0 Å². The molecule has 4 aromatic rings. The number of phenols is 1. The molecule has 0 fully saturated rings. The molecule has 0 saturated heterocycles. The highest BCUT2D eigenvalue weighted by atomic mass is 79.9. The van der Waals surface area contributed by atoms with E-state index in [4.69, 9.17) is 0 Å². The Morgan fingerprint density at radius 3 is 2.52 bits per heavy atom. The van der Waals surface area contributed by atoms with Crippen LogP contribution >= 0.6 is 27.7 Å². The summed E-state index contributed by atoms with van der Waals surface area (Å²) in [4.78, 5) is 22.7. The molecule has 11 heteroatoms. The summed E-state index contributed by atoms with van der Waals surface area (Å²) in [6, 6.07) is 20.0. The molecule has 0 unspecified atom stereocenters. The molecule has 0 spiro atoms. The first-order chi connectivity index (χ1) is 15.9. The van der Waals surface area contributed by atoms with Crippen LogP contribution in [0.25, 0.3) is 17.1 Å². The monoisotopic (exact) mass is 525 g/mol. The SMILES string of the molecule is O=C(CSc1nnc(-c2cc(Br)ccc2O)n1-c1ccccc1)Nc1ccc([N+](=O)[O-])cc1. The number of aromatic nitrogens is 3. The van der Waals surface area contributed by atoms with Crippen molar-refractivity contribution in [1.29, 1.82) is 0 Å². The summed E-state index contributed by atoms with van der Waals surface area (Å²) >= 11 is 4.59. The quantitative estimate of drug-likeness (QED) is 0.196. The lowest BCUT2D eigenvalue weighted by Gasteiger charge is -2.11. The molecule has 9 nitrogen and oxygen atoms in total. The molecule has 0 aliphatic heterocycles. The number of rotatable bonds is 7. The number of carbonyl (C=O) groups is 1. The van der Waals surface area contributed by atoms with Crippen molar-refractivity contribution in [2.75, 3.05) is 11.1 Å². The highest BCUT2D eigenvalue weighted by Gasteiger charge is 2.20. The summed E-state index contributed by atoms with van der Waals surface area (Å²) in [6.07, 6.45) is 0. The molecule has 33 heavy (non-hydrogen) atoms. The first-order valence-electron chi connectivity index (χ1n) is 9.59. The molecule has 3 aromatic carbocycles. The standard InChI is InChI=1S/C22H16BrN5O4S/c23-14-6-11-19(29)18(12-14)21-25-26-22(27(21)16-4-2-1-3-5-16)33-13-20(30)24-15-7-9-17(10-8-15)28(31)32/h1-12,29H,13H2,(H,24,30). The highest BCUT2D eigenvalue weighted by molar-refractivity contribution is 9.10. The Labute approximate surface area is 200 Å². The third kappa shape index (κ3) is 5.21. The second kappa shape index (κ2) is 9.84. The molecule has 0 atom stereocenters. The van der Waals surface area contributed by atoms with Crippen molar-refractivity contribution >= 4 is 45.0 Å². The number of benzene rings is 3. The normalized spacial score (nSPS) is 10.7. The van der Waals surface area contributed by atoms with Gasteiger partial charge >= 0.3 is 0 Å². The Morgan fingerprint density at radius 1 is 1.09 bits per heavy atom. The smallest absolute Gasteiger partial charge is 0.269 e. The van der Waals surface area contributed by atoms with E-state index in [0.717, 1.165) is 10.2 Å². The van der Waals surface area contributed by atoms with E-state index in [0.29, 0.717) is 22.2 Å². The number of halogens is 1. The molecule has 0 radical (unpaired) electrons. The summed E-state index contributed by atoms with van der Waals surface area (Å²) in [5, 5.41) is 32.8. The third-order valence-corrected chi connectivity index (χ3v) is 5.96. The molecule has 166 valence electrons. The van der Waals surface area contributed by atoms with Gasteiger partial charge in [0, 0.05) is 28.0 Å². The molecular formula is C22H16BrN5O4S. The summed E-state index contributed by atoms with van der Waals surface area (Å²) in [5.74, 6) is 0.212. The number of thioether (sulfide) groups is 1. The summed E-state index contributed by atoms with van der Waals surface area (Å²) in [7, 11) is 0. The van der Waals surface area contributed by atoms with Gasteiger partial charge in [0.05, 0.1) is 16.2 Å². The van der Waals surface area contributed by atoms with Gasteiger partial charge in [-0.15, -0.1) is 10.2 Å². The predicted octanol–water partition coefficient (Wildman–Crippen LogP) is 5.04. The lowest BCUT2D eigenvalue weighted by Crippen LogP contribution is -2.14.